The minimum absolute atomic E-state index is 0.193. The number of fused-ring (bicyclic) bond motifs is 3. The molecule has 6 nitrogen and oxygen atoms in total. The second kappa shape index (κ2) is 5.98. The fraction of sp³-hybridized carbons (Fsp3) is 0.158. The molecule has 126 valence electrons. The smallest absolute Gasteiger partial charge is 0.276 e. The van der Waals surface area contributed by atoms with Crippen LogP contribution in [0.4, 0.5) is 0 Å². The molecule has 0 bridgehead atoms. The van der Waals surface area contributed by atoms with E-state index in [1.807, 2.05) is 48.7 Å². The third-order valence-electron chi connectivity index (χ3n) is 4.25. The summed E-state index contributed by atoms with van der Waals surface area (Å²) in [4.78, 5) is 15.2. The van der Waals surface area contributed by atoms with Crippen LogP contribution >= 0.6 is 0 Å². The predicted molar refractivity (Wildman–Crippen MR) is 96.5 cm³/mol. The number of aromatic amines is 1. The van der Waals surface area contributed by atoms with Gasteiger partial charge in [0.1, 0.15) is 11.5 Å². The Morgan fingerprint density at radius 1 is 1.00 bits per heavy atom. The van der Waals surface area contributed by atoms with E-state index in [0.29, 0.717) is 12.1 Å². The number of rotatable bonds is 4. The van der Waals surface area contributed by atoms with Gasteiger partial charge in [-0.1, -0.05) is 12.1 Å². The zero-order chi connectivity index (χ0) is 17.4. The van der Waals surface area contributed by atoms with E-state index in [-0.39, 0.29) is 5.56 Å². The molecule has 0 saturated heterocycles. The molecule has 0 aliphatic rings. The van der Waals surface area contributed by atoms with E-state index in [2.05, 4.69) is 10.1 Å². The van der Waals surface area contributed by atoms with Crippen LogP contribution in [0.3, 0.4) is 0 Å². The molecule has 2 heterocycles. The Labute approximate surface area is 143 Å². The van der Waals surface area contributed by atoms with Gasteiger partial charge in [-0.25, -0.2) is 0 Å². The topological polar surface area (TPSA) is 69.1 Å². The fourth-order valence-corrected chi connectivity index (χ4v) is 2.95. The number of benzene rings is 2. The second-order valence-electron chi connectivity index (χ2n) is 5.80. The molecule has 1 N–H and O–H groups in total. The number of hydrogen-bond donors (Lipinski definition) is 1. The van der Waals surface area contributed by atoms with Gasteiger partial charge in [-0.2, -0.15) is 5.10 Å². The number of aromatic nitrogens is 3. The van der Waals surface area contributed by atoms with Crippen molar-refractivity contribution < 1.29 is 9.47 Å². The molecular formula is C19H17N3O3. The largest absolute Gasteiger partial charge is 0.497 e. The van der Waals surface area contributed by atoms with E-state index in [4.69, 9.17) is 9.47 Å². The van der Waals surface area contributed by atoms with Crippen LogP contribution in [0.15, 0.2) is 53.5 Å². The van der Waals surface area contributed by atoms with Gasteiger partial charge >= 0.3 is 0 Å². The first-order valence-corrected chi connectivity index (χ1v) is 7.88. The molecule has 0 atom stereocenters. The van der Waals surface area contributed by atoms with E-state index < -0.39 is 0 Å². The van der Waals surface area contributed by atoms with Gasteiger partial charge in [0.15, 0.2) is 5.52 Å². The quantitative estimate of drug-likeness (QED) is 0.622. The summed E-state index contributed by atoms with van der Waals surface area (Å²) in [5.74, 6) is 1.55. The molecule has 0 unspecified atom stereocenters. The number of ether oxygens (including phenoxy) is 2. The lowest BCUT2D eigenvalue weighted by atomic mass is 10.1. The van der Waals surface area contributed by atoms with E-state index in [1.165, 1.54) is 0 Å². The highest BCUT2D eigenvalue weighted by Gasteiger charge is 2.11. The van der Waals surface area contributed by atoms with E-state index >= 15 is 0 Å². The lowest BCUT2D eigenvalue weighted by Crippen LogP contribution is -2.07. The molecular weight excluding hydrogens is 318 g/mol. The van der Waals surface area contributed by atoms with Gasteiger partial charge < -0.3 is 14.5 Å². The lowest BCUT2D eigenvalue weighted by Gasteiger charge is -2.03. The number of H-pyrrole nitrogens is 1. The van der Waals surface area contributed by atoms with Gasteiger partial charge in [0, 0.05) is 22.5 Å². The number of pyridine rings is 1. The first-order chi connectivity index (χ1) is 12.2. The van der Waals surface area contributed by atoms with Crippen LogP contribution in [0.1, 0.15) is 5.56 Å². The molecule has 0 saturated carbocycles. The SMILES string of the molecule is COc1ccc(Cn2cc3c(n2)c(=O)[nH]c2ccc(OC)cc23)cc1. The van der Waals surface area contributed by atoms with E-state index in [9.17, 15) is 4.79 Å². The third kappa shape index (κ3) is 2.71. The summed E-state index contributed by atoms with van der Waals surface area (Å²) >= 11 is 0. The molecule has 4 aromatic rings. The zero-order valence-electron chi connectivity index (χ0n) is 13.9. The third-order valence-corrected chi connectivity index (χ3v) is 4.25. The van der Waals surface area contributed by atoms with Crippen molar-refractivity contribution in [1.82, 2.24) is 14.8 Å². The van der Waals surface area contributed by atoms with Gasteiger partial charge in [-0.3, -0.25) is 9.48 Å². The second-order valence-corrected chi connectivity index (χ2v) is 5.80. The van der Waals surface area contributed by atoms with Crippen molar-refractivity contribution in [2.75, 3.05) is 14.2 Å². The minimum Gasteiger partial charge on any atom is -0.497 e. The van der Waals surface area contributed by atoms with Crippen molar-refractivity contribution in [3.63, 3.8) is 0 Å². The van der Waals surface area contributed by atoms with Crippen molar-refractivity contribution in [2.45, 2.75) is 6.54 Å². The average molecular weight is 335 g/mol. The Balaban J connectivity index is 1.81. The van der Waals surface area contributed by atoms with Gasteiger partial charge in [0.25, 0.3) is 5.56 Å². The maximum atomic E-state index is 12.3. The Hall–Kier alpha value is -3.28. The summed E-state index contributed by atoms with van der Waals surface area (Å²) in [5, 5.41) is 6.18. The Morgan fingerprint density at radius 3 is 2.44 bits per heavy atom. The zero-order valence-corrected chi connectivity index (χ0v) is 13.9. The first kappa shape index (κ1) is 15.3. The highest BCUT2D eigenvalue weighted by molar-refractivity contribution is 6.04. The first-order valence-electron chi connectivity index (χ1n) is 7.88. The number of methoxy groups -OCH3 is 2. The summed E-state index contributed by atoms with van der Waals surface area (Å²) in [6, 6.07) is 13.4. The molecule has 0 aliphatic heterocycles. The molecule has 4 rings (SSSR count). The van der Waals surface area contributed by atoms with Crippen LogP contribution in [0, 0.1) is 0 Å². The van der Waals surface area contributed by atoms with Crippen molar-refractivity contribution in [2.24, 2.45) is 0 Å². The van der Waals surface area contributed by atoms with Crippen molar-refractivity contribution in [3.05, 3.63) is 64.6 Å². The monoisotopic (exact) mass is 335 g/mol. The lowest BCUT2D eigenvalue weighted by molar-refractivity contribution is 0.414. The molecule has 2 aromatic carbocycles. The molecule has 0 fully saturated rings. The normalized spacial score (nSPS) is 11.1. The Kier molecular flexibility index (Phi) is 3.65. The van der Waals surface area contributed by atoms with Crippen LogP contribution in [0.2, 0.25) is 0 Å². The van der Waals surface area contributed by atoms with Crippen LogP contribution < -0.4 is 15.0 Å². The summed E-state index contributed by atoms with van der Waals surface area (Å²) in [6.07, 6.45) is 1.90. The highest BCUT2D eigenvalue weighted by Crippen LogP contribution is 2.25. The summed E-state index contributed by atoms with van der Waals surface area (Å²) in [7, 11) is 3.26. The van der Waals surface area contributed by atoms with Crippen molar-refractivity contribution in [3.8, 4) is 11.5 Å². The Morgan fingerprint density at radius 2 is 1.72 bits per heavy atom. The van der Waals surface area contributed by atoms with Crippen molar-refractivity contribution >= 4 is 21.8 Å². The predicted octanol–water partition coefficient (Wildman–Crippen LogP) is 2.94. The highest BCUT2D eigenvalue weighted by atomic mass is 16.5. The van der Waals surface area contributed by atoms with Crippen LogP contribution in [0.25, 0.3) is 21.8 Å². The summed E-state index contributed by atoms with van der Waals surface area (Å²) in [6.45, 7) is 0.573. The molecule has 6 heteroatoms. The molecule has 0 amide bonds. The summed E-state index contributed by atoms with van der Waals surface area (Å²) in [5.41, 5.74) is 2.07. The number of nitrogens with one attached hydrogen (secondary N) is 1. The summed E-state index contributed by atoms with van der Waals surface area (Å²) < 4.78 is 12.2. The minimum atomic E-state index is -0.193. The Bertz CT molecular complexity index is 1110. The molecule has 2 aromatic heterocycles. The maximum absolute atomic E-state index is 12.3. The molecule has 0 spiro atoms. The fourth-order valence-electron chi connectivity index (χ4n) is 2.95. The van der Waals surface area contributed by atoms with Crippen LogP contribution in [-0.2, 0) is 6.54 Å². The number of nitrogens with zero attached hydrogens (tertiary/aromatic N) is 2. The van der Waals surface area contributed by atoms with Gasteiger partial charge in [0.2, 0.25) is 0 Å². The van der Waals surface area contributed by atoms with Gasteiger partial charge in [-0.15, -0.1) is 0 Å². The molecule has 0 radical (unpaired) electrons. The number of hydrogen-bond acceptors (Lipinski definition) is 4. The van der Waals surface area contributed by atoms with E-state index in [1.54, 1.807) is 18.9 Å². The van der Waals surface area contributed by atoms with Crippen molar-refractivity contribution in [1.29, 1.82) is 0 Å². The average Bonchev–Trinajstić information content (AvgIpc) is 3.07. The van der Waals surface area contributed by atoms with Gasteiger partial charge in [0.05, 0.1) is 20.8 Å². The van der Waals surface area contributed by atoms with Crippen LogP contribution in [0.5, 0.6) is 11.5 Å². The standard InChI is InChI=1S/C19H17N3O3/c1-24-13-5-3-12(4-6-13)10-22-11-16-15-9-14(25-2)7-8-17(15)20-19(23)18(16)21-22/h3-9,11H,10H2,1-2H3,(H,20,23). The molecule has 0 aliphatic carbocycles. The van der Waals surface area contributed by atoms with E-state index in [0.717, 1.165) is 33.4 Å². The molecule has 25 heavy (non-hydrogen) atoms. The van der Waals surface area contributed by atoms with Gasteiger partial charge in [-0.05, 0) is 35.9 Å². The maximum Gasteiger partial charge on any atom is 0.276 e. The van der Waals surface area contributed by atoms with Crippen LogP contribution in [-0.4, -0.2) is 29.0 Å².